The maximum absolute atomic E-state index is 8.79. The van der Waals surface area contributed by atoms with Crippen molar-refractivity contribution < 1.29 is 5.11 Å². The largest absolute Gasteiger partial charge is 0.396 e. The summed E-state index contributed by atoms with van der Waals surface area (Å²) in [5.74, 6) is 0.165. The zero-order valence-corrected chi connectivity index (χ0v) is 8.87. The molecule has 0 aliphatic heterocycles. The van der Waals surface area contributed by atoms with E-state index in [2.05, 4.69) is 20.9 Å². The van der Waals surface area contributed by atoms with E-state index in [9.17, 15) is 0 Å². The van der Waals surface area contributed by atoms with E-state index in [1.54, 1.807) is 6.20 Å². The Morgan fingerprint density at radius 2 is 2.31 bits per heavy atom. The van der Waals surface area contributed by atoms with Crippen molar-refractivity contribution in [2.75, 3.05) is 13.2 Å². The van der Waals surface area contributed by atoms with Crippen molar-refractivity contribution in [1.82, 2.24) is 4.98 Å². The van der Waals surface area contributed by atoms with Crippen LogP contribution in [0.15, 0.2) is 22.8 Å². The molecule has 0 radical (unpaired) electrons. The van der Waals surface area contributed by atoms with Gasteiger partial charge in [-0.05, 0) is 34.5 Å². The van der Waals surface area contributed by atoms with E-state index in [0.29, 0.717) is 13.0 Å². The number of aliphatic hydroxyl groups is 1. The lowest BCUT2D eigenvalue weighted by atomic mass is 10.0. The summed E-state index contributed by atoms with van der Waals surface area (Å²) in [5, 5.41) is 8.79. The van der Waals surface area contributed by atoms with Gasteiger partial charge < -0.3 is 10.8 Å². The highest BCUT2D eigenvalue weighted by molar-refractivity contribution is 9.10. The van der Waals surface area contributed by atoms with Gasteiger partial charge in [-0.2, -0.15) is 0 Å². The average molecular weight is 245 g/mol. The molecule has 4 heteroatoms. The van der Waals surface area contributed by atoms with Crippen LogP contribution in [0.25, 0.3) is 0 Å². The van der Waals surface area contributed by atoms with Gasteiger partial charge in [0.2, 0.25) is 0 Å². The zero-order valence-electron chi connectivity index (χ0n) is 7.28. The van der Waals surface area contributed by atoms with E-state index in [4.69, 9.17) is 10.8 Å². The second-order valence-corrected chi connectivity index (χ2v) is 3.76. The van der Waals surface area contributed by atoms with Crippen molar-refractivity contribution >= 4 is 15.9 Å². The number of pyridine rings is 1. The number of aliphatic hydroxyl groups excluding tert-OH is 1. The van der Waals surface area contributed by atoms with Gasteiger partial charge in [-0.3, -0.25) is 4.98 Å². The Bertz CT molecular complexity index is 250. The lowest BCUT2D eigenvalue weighted by Gasteiger charge is -2.11. The van der Waals surface area contributed by atoms with E-state index in [0.717, 1.165) is 10.2 Å². The monoisotopic (exact) mass is 244 g/mol. The van der Waals surface area contributed by atoms with Crippen molar-refractivity contribution in [3.05, 3.63) is 28.5 Å². The van der Waals surface area contributed by atoms with Crippen LogP contribution < -0.4 is 5.73 Å². The van der Waals surface area contributed by atoms with Crippen LogP contribution in [0.4, 0.5) is 0 Å². The van der Waals surface area contributed by atoms with Crippen LogP contribution in [0.3, 0.4) is 0 Å². The minimum absolute atomic E-state index is 0.152. The summed E-state index contributed by atoms with van der Waals surface area (Å²) in [6, 6.07) is 3.86. The summed E-state index contributed by atoms with van der Waals surface area (Å²) in [7, 11) is 0. The normalized spacial score (nSPS) is 12.8. The van der Waals surface area contributed by atoms with Gasteiger partial charge in [0.1, 0.15) is 0 Å². The Labute approximate surface area is 86.1 Å². The summed E-state index contributed by atoms with van der Waals surface area (Å²) in [5.41, 5.74) is 6.51. The molecule has 1 rings (SSSR count). The van der Waals surface area contributed by atoms with Crippen molar-refractivity contribution in [3.63, 3.8) is 0 Å². The second-order valence-electron chi connectivity index (χ2n) is 2.85. The van der Waals surface area contributed by atoms with Crippen LogP contribution in [-0.2, 0) is 0 Å². The van der Waals surface area contributed by atoms with Gasteiger partial charge in [-0.1, -0.05) is 0 Å². The lowest BCUT2D eigenvalue weighted by Crippen LogP contribution is -2.15. The van der Waals surface area contributed by atoms with Crippen LogP contribution in [0.2, 0.25) is 0 Å². The Balaban J connectivity index is 2.73. The third-order valence-corrected chi connectivity index (χ3v) is 2.40. The van der Waals surface area contributed by atoms with Crippen LogP contribution in [0.1, 0.15) is 18.0 Å². The molecule has 0 saturated heterocycles. The molecule has 3 nitrogen and oxygen atoms in total. The molecular weight excluding hydrogens is 232 g/mol. The number of nitrogens with zero attached hydrogens (tertiary/aromatic N) is 1. The Morgan fingerprint density at radius 1 is 1.54 bits per heavy atom. The number of hydrogen-bond donors (Lipinski definition) is 2. The molecule has 0 fully saturated rings. The second kappa shape index (κ2) is 5.32. The van der Waals surface area contributed by atoms with Gasteiger partial charge in [0.25, 0.3) is 0 Å². The number of nitrogens with two attached hydrogens (primary N) is 1. The smallest absolute Gasteiger partial charge is 0.0448 e. The van der Waals surface area contributed by atoms with Gasteiger partial charge >= 0.3 is 0 Å². The summed E-state index contributed by atoms with van der Waals surface area (Å²) >= 11 is 3.31. The molecule has 1 aromatic heterocycles. The number of halogens is 1. The Kier molecular flexibility index (Phi) is 4.35. The van der Waals surface area contributed by atoms with Crippen LogP contribution in [0, 0.1) is 0 Å². The minimum Gasteiger partial charge on any atom is -0.396 e. The molecule has 13 heavy (non-hydrogen) atoms. The first-order chi connectivity index (χ1) is 6.27. The van der Waals surface area contributed by atoms with E-state index in [-0.39, 0.29) is 12.5 Å². The molecule has 1 heterocycles. The van der Waals surface area contributed by atoms with E-state index >= 15 is 0 Å². The number of aromatic nitrogens is 1. The molecule has 1 unspecified atom stereocenters. The molecule has 1 atom stereocenters. The highest BCUT2D eigenvalue weighted by atomic mass is 79.9. The molecule has 0 aromatic carbocycles. The molecule has 0 saturated carbocycles. The maximum atomic E-state index is 8.79. The van der Waals surface area contributed by atoms with Crippen molar-refractivity contribution in [2.45, 2.75) is 12.3 Å². The van der Waals surface area contributed by atoms with Gasteiger partial charge in [-0.25, -0.2) is 0 Å². The predicted octanol–water partition coefficient (Wildman–Crippen LogP) is 1.27. The fourth-order valence-electron chi connectivity index (χ4n) is 1.17. The number of rotatable bonds is 4. The first-order valence-electron chi connectivity index (χ1n) is 4.20. The molecule has 72 valence electrons. The molecular formula is C9H13BrN2O. The van der Waals surface area contributed by atoms with E-state index < -0.39 is 0 Å². The first-order valence-corrected chi connectivity index (χ1v) is 4.99. The van der Waals surface area contributed by atoms with Gasteiger partial charge in [0.05, 0.1) is 0 Å². The summed E-state index contributed by atoms with van der Waals surface area (Å²) in [6.07, 6.45) is 2.42. The average Bonchev–Trinajstić information content (AvgIpc) is 2.16. The highest BCUT2D eigenvalue weighted by Crippen LogP contribution is 2.17. The fourth-order valence-corrected chi connectivity index (χ4v) is 1.41. The van der Waals surface area contributed by atoms with Crippen molar-refractivity contribution in [1.29, 1.82) is 0 Å². The summed E-state index contributed by atoms with van der Waals surface area (Å²) in [4.78, 5) is 4.23. The van der Waals surface area contributed by atoms with Crippen molar-refractivity contribution in [3.8, 4) is 0 Å². The lowest BCUT2D eigenvalue weighted by molar-refractivity contribution is 0.275. The van der Waals surface area contributed by atoms with Crippen LogP contribution in [-0.4, -0.2) is 23.2 Å². The zero-order chi connectivity index (χ0) is 9.68. The first kappa shape index (κ1) is 10.6. The molecule has 0 amide bonds. The third kappa shape index (κ3) is 3.06. The van der Waals surface area contributed by atoms with Gasteiger partial charge in [-0.15, -0.1) is 0 Å². The SMILES string of the molecule is NCC(CCO)c1ccc(Br)cn1. The molecule has 0 aliphatic rings. The van der Waals surface area contributed by atoms with Crippen molar-refractivity contribution in [2.24, 2.45) is 5.73 Å². The summed E-state index contributed by atoms with van der Waals surface area (Å²) in [6.45, 7) is 0.675. The van der Waals surface area contributed by atoms with Crippen LogP contribution in [0.5, 0.6) is 0 Å². The standard InChI is InChI=1S/C9H13BrN2O/c10-8-1-2-9(12-6-8)7(5-11)3-4-13/h1-2,6-7,13H,3-5,11H2. The highest BCUT2D eigenvalue weighted by Gasteiger charge is 2.09. The van der Waals surface area contributed by atoms with E-state index in [1.165, 1.54) is 0 Å². The maximum Gasteiger partial charge on any atom is 0.0448 e. The molecule has 1 aromatic rings. The number of hydrogen-bond acceptors (Lipinski definition) is 3. The summed E-state index contributed by atoms with van der Waals surface area (Å²) < 4.78 is 0.955. The third-order valence-electron chi connectivity index (χ3n) is 1.93. The Morgan fingerprint density at radius 3 is 2.77 bits per heavy atom. The topological polar surface area (TPSA) is 59.1 Å². The molecule has 3 N–H and O–H groups in total. The molecule has 0 bridgehead atoms. The van der Waals surface area contributed by atoms with Gasteiger partial charge in [0.15, 0.2) is 0 Å². The minimum atomic E-state index is 0.152. The van der Waals surface area contributed by atoms with E-state index in [1.807, 2.05) is 12.1 Å². The fraction of sp³-hybridized carbons (Fsp3) is 0.444. The molecule has 0 spiro atoms. The predicted molar refractivity (Wildman–Crippen MR) is 55.4 cm³/mol. The van der Waals surface area contributed by atoms with Crippen LogP contribution >= 0.6 is 15.9 Å². The quantitative estimate of drug-likeness (QED) is 0.839. The Hall–Kier alpha value is -0.450. The van der Waals surface area contributed by atoms with Gasteiger partial charge in [0, 0.05) is 35.4 Å². The molecule has 0 aliphatic carbocycles.